The molecule has 3 aromatic carbocycles. The highest BCUT2D eigenvalue weighted by Gasteiger charge is 2.06. The number of fused-ring (bicyclic) bond motifs is 1. The van der Waals surface area contributed by atoms with Crippen molar-refractivity contribution in [2.75, 3.05) is 7.11 Å². The molecule has 3 aromatic rings. The zero-order valence-electron chi connectivity index (χ0n) is 13.1. The normalized spacial score (nSPS) is 10.7. The molecule has 116 valence electrons. The van der Waals surface area contributed by atoms with Gasteiger partial charge < -0.3 is 10.1 Å². The predicted octanol–water partition coefficient (Wildman–Crippen LogP) is 3.92. The largest absolute Gasteiger partial charge is 0.380 e. The lowest BCUT2D eigenvalue weighted by Gasteiger charge is -2.08. The van der Waals surface area contributed by atoms with E-state index in [9.17, 15) is 4.79 Å². The summed E-state index contributed by atoms with van der Waals surface area (Å²) in [4.78, 5) is 12.3. The average Bonchev–Trinajstić information content (AvgIpc) is 2.60. The first-order chi connectivity index (χ1) is 11.3. The molecule has 3 rings (SSSR count). The Hall–Kier alpha value is -2.65. The number of carbonyl (C=O) groups excluding carboxylic acids is 1. The van der Waals surface area contributed by atoms with E-state index in [0.717, 1.165) is 11.1 Å². The molecule has 0 aliphatic heterocycles. The quantitative estimate of drug-likeness (QED) is 0.776. The van der Waals surface area contributed by atoms with Crippen molar-refractivity contribution in [3.05, 3.63) is 83.4 Å². The standard InChI is InChI=1S/C20H19NO2/c1-23-14-16-5-4-8-19(12-16)20(22)21-13-15-9-10-17-6-2-3-7-18(17)11-15/h2-12H,13-14H2,1H3,(H,21,22). The lowest BCUT2D eigenvalue weighted by molar-refractivity contribution is 0.0950. The summed E-state index contributed by atoms with van der Waals surface area (Å²) in [5.41, 5.74) is 2.73. The Bertz CT molecular complexity index is 826. The van der Waals surface area contributed by atoms with Crippen molar-refractivity contribution < 1.29 is 9.53 Å². The van der Waals surface area contributed by atoms with Crippen LogP contribution in [0.3, 0.4) is 0 Å². The number of ether oxygens (including phenoxy) is 1. The van der Waals surface area contributed by atoms with E-state index in [1.165, 1.54) is 10.8 Å². The number of amides is 1. The third kappa shape index (κ3) is 3.76. The molecule has 3 nitrogen and oxygen atoms in total. The first-order valence-electron chi connectivity index (χ1n) is 7.60. The maximum Gasteiger partial charge on any atom is 0.251 e. The number of hydrogen-bond donors (Lipinski definition) is 1. The van der Waals surface area contributed by atoms with E-state index >= 15 is 0 Å². The van der Waals surface area contributed by atoms with Crippen molar-refractivity contribution in [2.45, 2.75) is 13.2 Å². The summed E-state index contributed by atoms with van der Waals surface area (Å²) in [6.07, 6.45) is 0. The molecule has 0 aliphatic rings. The Balaban J connectivity index is 1.69. The monoisotopic (exact) mass is 305 g/mol. The van der Waals surface area contributed by atoms with Gasteiger partial charge in [-0.3, -0.25) is 4.79 Å². The topological polar surface area (TPSA) is 38.3 Å². The third-order valence-corrected chi connectivity index (χ3v) is 3.77. The average molecular weight is 305 g/mol. The third-order valence-electron chi connectivity index (χ3n) is 3.77. The predicted molar refractivity (Wildman–Crippen MR) is 92.3 cm³/mol. The van der Waals surface area contributed by atoms with Crippen molar-refractivity contribution in [1.82, 2.24) is 5.32 Å². The van der Waals surface area contributed by atoms with Crippen LogP contribution in [-0.2, 0) is 17.9 Å². The van der Waals surface area contributed by atoms with Gasteiger partial charge in [-0.05, 0) is 40.1 Å². The van der Waals surface area contributed by atoms with Gasteiger partial charge in [0.1, 0.15) is 0 Å². The zero-order valence-corrected chi connectivity index (χ0v) is 13.1. The van der Waals surface area contributed by atoms with Crippen LogP contribution in [0.25, 0.3) is 10.8 Å². The number of benzene rings is 3. The molecule has 0 spiro atoms. The molecule has 0 heterocycles. The lowest BCUT2D eigenvalue weighted by atomic mass is 10.1. The molecule has 0 saturated carbocycles. The van der Waals surface area contributed by atoms with Gasteiger partial charge in [-0.25, -0.2) is 0 Å². The Kier molecular flexibility index (Phi) is 4.69. The zero-order chi connectivity index (χ0) is 16.1. The van der Waals surface area contributed by atoms with Crippen molar-refractivity contribution in [2.24, 2.45) is 0 Å². The number of rotatable bonds is 5. The Morgan fingerprint density at radius 1 is 0.913 bits per heavy atom. The molecule has 3 heteroatoms. The van der Waals surface area contributed by atoms with Gasteiger partial charge in [0.25, 0.3) is 5.91 Å². The van der Waals surface area contributed by atoms with Crippen LogP contribution in [0.15, 0.2) is 66.7 Å². The van der Waals surface area contributed by atoms with Crippen LogP contribution in [-0.4, -0.2) is 13.0 Å². The second kappa shape index (κ2) is 7.07. The summed E-state index contributed by atoms with van der Waals surface area (Å²) in [6, 6.07) is 21.9. The van der Waals surface area contributed by atoms with Gasteiger partial charge in [0.15, 0.2) is 0 Å². The van der Waals surface area contributed by atoms with Crippen LogP contribution in [0, 0.1) is 0 Å². The smallest absolute Gasteiger partial charge is 0.251 e. The van der Waals surface area contributed by atoms with Crippen molar-refractivity contribution in [3.63, 3.8) is 0 Å². The van der Waals surface area contributed by atoms with Crippen molar-refractivity contribution >= 4 is 16.7 Å². The van der Waals surface area contributed by atoms with Gasteiger partial charge in [-0.1, -0.05) is 48.5 Å². The number of nitrogens with one attached hydrogen (secondary N) is 1. The molecule has 0 aliphatic carbocycles. The maximum absolute atomic E-state index is 12.3. The summed E-state index contributed by atoms with van der Waals surface area (Å²) in [7, 11) is 1.65. The molecule has 0 atom stereocenters. The van der Waals surface area contributed by atoms with Crippen LogP contribution in [0.1, 0.15) is 21.5 Å². The number of hydrogen-bond acceptors (Lipinski definition) is 2. The van der Waals surface area contributed by atoms with Gasteiger partial charge in [-0.2, -0.15) is 0 Å². The minimum atomic E-state index is -0.0730. The van der Waals surface area contributed by atoms with Crippen LogP contribution in [0.5, 0.6) is 0 Å². The van der Waals surface area contributed by atoms with E-state index in [1.807, 2.05) is 42.5 Å². The van der Waals surface area contributed by atoms with Crippen molar-refractivity contribution in [3.8, 4) is 0 Å². The molecule has 23 heavy (non-hydrogen) atoms. The van der Waals surface area contributed by atoms with E-state index in [2.05, 4.69) is 29.6 Å². The highest BCUT2D eigenvalue weighted by molar-refractivity contribution is 5.94. The minimum absolute atomic E-state index is 0.0730. The van der Waals surface area contributed by atoms with Gasteiger partial charge in [0.2, 0.25) is 0 Å². The highest BCUT2D eigenvalue weighted by atomic mass is 16.5. The van der Waals surface area contributed by atoms with E-state index in [0.29, 0.717) is 18.7 Å². The molecule has 0 saturated heterocycles. The summed E-state index contributed by atoms with van der Waals surface area (Å²) >= 11 is 0. The van der Waals surface area contributed by atoms with Crippen LogP contribution >= 0.6 is 0 Å². The SMILES string of the molecule is COCc1cccc(C(=O)NCc2ccc3ccccc3c2)c1. The molecule has 0 fully saturated rings. The highest BCUT2D eigenvalue weighted by Crippen LogP contribution is 2.15. The minimum Gasteiger partial charge on any atom is -0.380 e. The second-order valence-electron chi connectivity index (χ2n) is 5.50. The molecule has 0 bridgehead atoms. The molecular formula is C20H19NO2. The van der Waals surface area contributed by atoms with Crippen LogP contribution in [0.4, 0.5) is 0 Å². The molecule has 0 unspecified atom stereocenters. The van der Waals surface area contributed by atoms with E-state index in [4.69, 9.17) is 4.74 Å². The molecular weight excluding hydrogens is 286 g/mol. The fourth-order valence-corrected chi connectivity index (χ4v) is 2.60. The van der Waals surface area contributed by atoms with Crippen LogP contribution < -0.4 is 5.32 Å². The van der Waals surface area contributed by atoms with Gasteiger partial charge in [0, 0.05) is 19.2 Å². The summed E-state index contributed by atoms with van der Waals surface area (Å²) in [5, 5.41) is 5.35. The van der Waals surface area contributed by atoms with E-state index < -0.39 is 0 Å². The van der Waals surface area contributed by atoms with Gasteiger partial charge >= 0.3 is 0 Å². The maximum atomic E-state index is 12.3. The number of methoxy groups -OCH3 is 1. The molecule has 0 aromatic heterocycles. The lowest BCUT2D eigenvalue weighted by Crippen LogP contribution is -2.22. The Morgan fingerprint density at radius 3 is 2.57 bits per heavy atom. The molecule has 0 radical (unpaired) electrons. The summed E-state index contributed by atoms with van der Waals surface area (Å²) < 4.78 is 5.10. The Morgan fingerprint density at radius 2 is 1.74 bits per heavy atom. The second-order valence-corrected chi connectivity index (χ2v) is 5.50. The number of carbonyl (C=O) groups is 1. The first kappa shape index (κ1) is 15.3. The van der Waals surface area contributed by atoms with Gasteiger partial charge in [-0.15, -0.1) is 0 Å². The van der Waals surface area contributed by atoms with Crippen LogP contribution in [0.2, 0.25) is 0 Å². The van der Waals surface area contributed by atoms with E-state index in [1.54, 1.807) is 7.11 Å². The van der Waals surface area contributed by atoms with Gasteiger partial charge in [0.05, 0.1) is 6.61 Å². The van der Waals surface area contributed by atoms with E-state index in [-0.39, 0.29) is 5.91 Å². The molecule has 1 N–H and O–H groups in total. The summed E-state index contributed by atoms with van der Waals surface area (Å²) in [5.74, 6) is -0.0730. The fraction of sp³-hybridized carbons (Fsp3) is 0.150. The first-order valence-corrected chi connectivity index (χ1v) is 7.60. The van der Waals surface area contributed by atoms with Crippen molar-refractivity contribution in [1.29, 1.82) is 0 Å². The Labute approximate surface area is 135 Å². The fourth-order valence-electron chi connectivity index (χ4n) is 2.60. The molecule has 1 amide bonds. The summed E-state index contributed by atoms with van der Waals surface area (Å²) in [6.45, 7) is 1.02.